The molecule has 5 heteroatoms. The number of aromatic nitrogens is 3. The van der Waals surface area contributed by atoms with Gasteiger partial charge in [-0.25, -0.2) is 9.97 Å². The smallest absolute Gasteiger partial charge is 0.129 e. The summed E-state index contributed by atoms with van der Waals surface area (Å²) in [7, 11) is 0. The van der Waals surface area contributed by atoms with Gasteiger partial charge in [0.05, 0.1) is 6.33 Å². The molecule has 2 N–H and O–H groups in total. The molecule has 16 heavy (non-hydrogen) atoms. The van der Waals surface area contributed by atoms with E-state index in [2.05, 4.69) is 9.97 Å². The second-order valence-electron chi connectivity index (χ2n) is 3.10. The summed E-state index contributed by atoms with van der Waals surface area (Å²) in [4.78, 5) is 7.64. The maximum atomic E-state index is 5.43. The van der Waals surface area contributed by atoms with Gasteiger partial charge in [0.15, 0.2) is 0 Å². The van der Waals surface area contributed by atoms with Crippen LogP contribution in [0, 0.1) is 0 Å². The van der Waals surface area contributed by atoms with Crippen LogP contribution in [0.1, 0.15) is 6.42 Å². The van der Waals surface area contributed by atoms with Gasteiger partial charge < -0.3 is 10.3 Å². The fourth-order valence-electron chi connectivity index (χ4n) is 1.03. The molecule has 0 amide bonds. The zero-order valence-corrected chi connectivity index (χ0v) is 9.72. The molecule has 0 saturated carbocycles. The zero-order valence-electron chi connectivity index (χ0n) is 8.96. The Hall–Kier alpha value is -1.39. The number of hydrogen-bond acceptors (Lipinski definition) is 3. The summed E-state index contributed by atoms with van der Waals surface area (Å²) < 4.78 is 2.02. The summed E-state index contributed by atoms with van der Waals surface area (Å²) in [6, 6.07) is 5.41. The van der Waals surface area contributed by atoms with Crippen LogP contribution in [0.15, 0.2) is 43.1 Å². The molecule has 2 aromatic heterocycles. The highest BCUT2D eigenvalue weighted by molar-refractivity contribution is 6.29. The molecule has 0 aliphatic rings. The quantitative estimate of drug-likeness (QED) is 0.832. The van der Waals surface area contributed by atoms with Gasteiger partial charge in [0.2, 0.25) is 0 Å². The summed E-state index contributed by atoms with van der Waals surface area (Å²) in [5.74, 6) is 0. The molecule has 0 atom stereocenters. The van der Waals surface area contributed by atoms with Crippen LogP contribution >= 0.6 is 11.6 Å². The van der Waals surface area contributed by atoms with Gasteiger partial charge in [-0.2, -0.15) is 0 Å². The SMILES string of the molecule is Clc1ccccn1.NCCCn1ccnc1. The number of nitrogens with two attached hydrogens (primary N) is 1. The van der Waals surface area contributed by atoms with Gasteiger partial charge in [-0.05, 0) is 25.1 Å². The number of imidazole rings is 1. The van der Waals surface area contributed by atoms with E-state index >= 15 is 0 Å². The predicted molar refractivity (Wildman–Crippen MR) is 65.1 cm³/mol. The van der Waals surface area contributed by atoms with E-state index in [0.29, 0.717) is 5.15 Å². The zero-order chi connectivity index (χ0) is 11.6. The fraction of sp³-hybridized carbons (Fsp3) is 0.273. The van der Waals surface area contributed by atoms with Gasteiger partial charge in [-0.3, -0.25) is 0 Å². The number of hydrogen-bond donors (Lipinski definition) is 1. The molecule has 0 aliphatic heterocycles. The van der Waals surface area contributed by atoms with E-state index in [1.165, 1.54) is 0 Å². The number of nitrogens with zero attached hydrogens (tertiary/aromatic N) is 3. The molecule has 0 aromatic carbocycles. The van der Waals surface area contributed by atoms with Crippen molar-refractivity contribution in [3.63, 3.8) is 0 Å². The summed E-state index contributed by atoms with van der Waals surface area (Å²) >= 11 is 5.43. The highest BCUT2D eigenvalue weighted by atomic mass is 35.5. The van der Waals surface area contributed by atoms with Crippen LogP contribution in [0.2, 0.25) is 5.15 Å². The largest absolute Gasteiger partial charge is 0.337 e. The molecule has 0 fully saturated rings. The lowest BCUT2D eigenvalue weighted by atomic mass is 10.4. The highest BCUT2D eigenvalue weighted by Gasteiger charge is 1.85. The molecule has 2 rings (SSSR count). The molecule has 2 heterocycles. The standard InChI is InChI=1S/C6H11N3.C5H4ClN/c7-2-1-4-9-5-3-8-6-9;6-5-3-1-2-4-7-5/h3,5-6H,1-2,4,7H2;1-4H. The third-order valence-electron chi connectivity index (χ3n) is 1.81. The highest BCUT2D eigenvalue weighted by Crippen LogP contribution is 1.98. The molecule has 0 unspecified atom stereocenters. The Morgan fingerprint density at radius 2 is 2.19 bits per heavy atom. The molecule has 0 saturated heterocycles. The maximum absolute atomic E-state index is 5.43. The van der Waals surface area contributed by atoms with Crippen LogP contribution < -0.4 is 5.73 Å². The van der Waals surface area contributed by atoms with Crippen molar-refractivity contribution >= 4 is 11.6 Å². The van der Waals surface area contributed by atoms with Crippen molar-refractivity contribution in [1.82, 2.24) is 14.5 Å². The number of aryl methyl sites for hydroxylation is 1. The van der Waals surface area contributed by atoms with Crippen molar-refractivity contribution < 1.29 is 0 Å². The lowest BCUT2D eigenvalue weighted by Crippen LogP contribution is -2.03. The lowest BCUT2D eigenvalue weighted by molar-refractivity contribution is 0.650. The maximum Gasteiger partial charge on any atom is 0.129 e. The Morgan fingerprint density at radius 1 is 1.31 bits per heavy atom. The normalized spacial score (nSPS) is 9.38. The van der Waals surface area contributed by atoms with Crippen molar-refractivity contribution in [2.75, 3.05) is 6.54 Å². The van der Waals surface area contributed by atoms with Gasteiger partial charge >= 0.3 is 0 Å². The Kier molecular flexibility index (Phi) is 6.22. The first-order valence-electron chi connectivity index (χ1n) is 5.05. The van der Waals surface area contributed by atoms with Gasteiger partial charge in [0, 0.05) is 25.1 Å². The van der Waals surface area contributed by atoms with Gasteiger partial charge in [-0.1, -0.05) is 17.7 Å². The van der Waals surface area contributed by atoms with Crippen LogP contribution in [0.3, 0.4) is 0 Å². The van der Waals surface area contributed by atoms with E-state index in [-0.39, 0.29) is 0 Å². The molecular formula is C11H15ClN4. The fourth-order valence-corrected chi connectivity index (χ4v) is 1.16. The molecule has 4 nitrogen and oxygen atoms in total. The second kappa shape index (κ2) is 7.84. The van der Waals surface area contributed by atoms with Gasteiger partial charge in [0.1, 0.15) is 5.15 Å². The Labute approximate surface area is 100 Å². The molecule has 0 spiro atoms. The van der Waals surface area contributed by atoms with Crippen LogP contribution in [0.5, 0.6) is 0 Å². The van der Waals surface area contributed by atoms with Crippen molar-refractivity contribution in [2.45, 2.75) is 13.0 Å². The Morgan fingerprint density at radius 3 is 2.62 bits per heavy atom. The molecule has 2 aromatic rings. The minimum atomic E-state index is 0.544. The van der Waals surface area contributed by atoms with Crippen LogP contribution in [-0.2, 0) is 6.54 Å². The van der Waals surface area contributed by atoms with Gasteiger partial charge in [0.25, 0.3) is 0 Å². The second-order valence-corrected chi connectivity index (χ2v) is 3.48. The summed E-state index contributed by atoms with van der Waals surface area (Å²) in [6.07, 6.45) is 8.19. The number of halogens is 1. The first kappa shape index (κ1) is 12.7. The minimum Gasteiger partial charge on any atom is -0.337 e. The lowest BCUT2D eigenvalue weighted by Gasteiger charge is -1.96. The van der Waals surface area contributed by atoms with E-state index in [1.54, 1.807) is 24.8 Å². The molecule has 0 bridgehead atoms. The van der Waals surface area contributed by atoms with E-state index in [4.69, 9.17) is 17.3 Å². The number of pyridine rings is 1. The summed E-state index contributed by atoms with van der Waals surface area (Å²) in [6.45, 7) is 1.73. The number of rotatable bonds is 3. The summed E-state index contributed by atoms with van der Waals surface area (Å²) in [5, 5.41) is 0.544. The first-order chi connectivity index (χ1) is 7.83. The Balaban J connectivity index is 0.000000165. The third kappa shape index (κ3) is 5.48. The Bertz CT molecular complexity index is 361. The van der Waals surface area contributed by atoms with Crippen LogP contribution in [0.4, 0.5) is 0 Å². The average molecular weight is 239 g/mol. The molecule has 0 aliphatic carbocycles. The average Bonchev–Trinajstić information content (AvgIpc) is 2.81. The van der Waals surface area contributed by atoms with Crippen LogP contribution in [0.25, 0.3) is 0 Å². The van der Waals surface area contributed by atoms with Crippen molar-refractivity contribution in [3.05, 3.63) is 48.3 Å². The van der Waals surface area contributed by atoms with E-state index in [1.807, 2.05) is 22.9 Å². The molecule has 0 radical (unpaired) electrons. The molecule has 86 valence electrons. The van der Waals surface area contributed by atoms with Crippen LogP contribution in [-0.4, -0.2) is 21.1 Å². The molecular weight excluding hydrogens is 224 g/mol. The van der Waals surface area contributed by atoms with E-state index < -0.39 is 0 Å². The van der Waals surface area contributed by atoms with Crippen molar-refractivity contribution in [2.24, 2.45) is 5.73 Å². The topological polar surface area (TPSA) is 56.7 Å². The van der Waals surface area contributed by atoms with Crippen molar-refractivity contribution in [1.29, 1.82) is 0 Å². The van der Waals surface area contributed by atoms with E-state index in [0.717, 1.165) is 19.5 Å². The first-order valence-corrected chi connectivity index (χ1v) is 5.43. The minimum absolute atomic E-state index is 0.544. The van der Waals surface area contributed by atoms with Gasteiger partial charge in [-0.15, -0.1) is 0 Å². The summed E-state index contributed by atoms with van der Waals surface area (Å²) in [5.41, 5.74) is 5.31. The third-order valence-corrected chi connectivity index (χ3v) is 2.03. The van der Waals surface area contributed by atoms with Crippen molar-refractivity contribution in [3.8, 4) is 0 Å². The predicted octanol–water partition coefficient (Wildman–Crippen LogP) is 1.97. The van der Waals surface area contributed by atoms with E-state index in [9.17, 15) is 0 Å². The monoisotopic (exact) mass is 238 g/mol.